The van der Waals surface area contributed by atoms with E-state index in [0.29, 0.717) is 28.4 Å². The summed E-state index contributed by atoms with van der Waals surface area (Å²) in [7, 11) is 1.47. The molecule has 0 radical (unpaired) electrons. The molecule has 150 valence electrons. The van der Waals surface area contributed by atoms with Gasteiger partial charge in [0.25, 0.3) is 5.91 Å². The topological polar surface area (TPSA) is 99.6 Å². The summed E-state index contributed by atoms with van der Waals surface area (Å²) in [5.41, 5.74) is 5.69. The number of carbonyl (C=O) groups excluding carboxylic acids is 1. The lowest BCUT2D eigenvalue weighted by atomic mass is 10.1. The third-order valence-corrected chi connectivity index (χ3v) is 4.79. The van der Waals surface area contributed by atoms with Crippen LogP contribution in [0.4, 0.5) is 0 Å². The SMILES string of the molecule is COc1cc(/C(C)=N/NC(=O)c2cc(-c3ccc4ccccc4c3)n[nH]2)ccc1O. The van der Waals surface area contributed by atoms with Gasteiger partial charge in [-0.05, 0) is 48.0 Å². The Morgan fingerprint density at radius 3 is 2.67 bits per heavy atom. The van der Waals surface area contributed by atoms with E-state index in [4.69, 9.17) is 4.74 Å². The summed E-state index contributed by atoms with van der Waals surface area (Å²) < 4.78 is 5.10. The molecule has 7 heteroatoms. The number of aromatic hydroxyl groups is 1. The monoisotopic (exact) mass is 400 g/mol. The molecule has 3 aromatic carbocycles. The Labute approximate surface area is 173 Å². The van der Waals surface area contributed by atoms with E-state index in [1.165, 1.54) is 13.2 Å². The molecule has 0 unspecified atom stereocenters. The molecule has 7 nitrogen and oxygen atoms in total. The molecule has 0 atom stereocenters. The van der Waals surface area contributed by atoms with Gasteiger partial charge in [0.2, 0.25) is 0 Å². The summed E-state index contributed by atoms with van der Waals surface area (Å²) in [6.45, 7) is 1.75. The lowest BCUT2D eigenvalue weighted by Crippen LogP contribution is -2.19. The number of H-pyrrole nitrogens is 1. The lowest BCUT2D eigenvalue weighted by molar-refractivity contribution is 0.0950. The standard InChI is InChI=1S/C23H20N4O3/c1-14(16-9-10-21(28)22(12-16)30-2)24-27-23(29)20-13-19(25-26-20)18-8-7-15-5-3-4-6-17(15)11-18/h3-13,28H,1-2H3,(H,25,26)(H,27,29)/b24-14+. The molecule has 1 aromatic heterocycles. The van der Waals surface area contributed by atoms with E-state index in [-0.39, 0.29) is 5.75 Å². The third-order valence-electron chi connectivity index (χ3n) is 4.79. The number of phenols is 1. The Morgan fingerprint density at radius 1 is 1.07 bits per heavy atom. The molecule has 0 aliphatic heterocycles. The Bertz CT molecular complexity index is 1260. The van der Waals surface area contributed by atoms with E-state index in [1.807, 2.05) is 42.5 Å². The minimum Gasteiger partial charge on any atom is -0.504 e. The molecular weight excluding hydrogens is 380 g/mol. The number of nitrogens with zero attached hydrogens (tertiary/aromatic N) is 2. The number of hydrogen-bond donors (Lipinski definition) is 3. The fraction of sp³-hybridized carbons (Fsp3) is 0.0870. The van der Waals surface area contributed by atoms with Crippen LogP contribution in [0.1, 0.15) is 23.0 Å². The van der Waals surface area contributed by atoms with Crippen LogP contribution in [0.2, 0.25) is 0 Å². The van der Waals surface area contributed by atoms with Crippen molar-refractivity contribution in [2.24, 2.45) is 5.10 Å². The van der Waals surface area contributed by atoms with Crippen LogP contribution in [-0.2, 0) is 0 Å². The van der Waals surface area contributed by atoms with Gasteiger partial charge in [-0.2, -0.15) is 10.2 Å². The summed E-state index contributed by atoms with van der Waals surface area (Å²) in [6, 6.07) is 20.6. The Balaban J connectivity index is 1.50. The lowest BCUT2D eigenvalue weighted by Gasteiger charge is -2.06. The maximum Gasteiger partial charge on any atom is 0.289 e. The summed E-state index contributed by atoms with van der Waals surface area (Å²) in [6.07, 6.45) is 0. The van der Waals surface area contributed by atoms with Crippen molar-refractivity contribution in [1.82, 2.24) is 15.6 Å². The number of benzene rings is 3. The minimum absolute atomic E-state index is 0.0387. The number of fused-ring (bicyclic) bond motifs is 1. The minimum atomic E-state index is -0.403. The molecule has 3 N–H and O–H groups in total. The molecule has 0 aliphatic carbocycles. The van der Waals surface area contributed by atoms with Crippen molar-refractivity contribution in [3.63, 3.8) is 0 Å². The van der Waals surface area contributed by atoms with Gasteiger partial charge >= 0.3 is 0 Å². The van der Waals surface area contributed by atoms with E-state index in [2.05, 4.69) is 20.7 Å². The van der Waals surface area contributed by atoms with Crippen molar-refractivity contribution in [3.05, 3.63) is 78.0 Å². The number of phenolic OH excluding ortho intramolecular Hbond substituents is 1. The number of hydrogen-bond acceptors (Lipinski definition) is 5. The highest BCUT2D eigenvalue weighted by Gasteiger charge is 2.12. The fourth-order valence-corrected chi connectivity index (χ4v) is 3.10. The molecule has 1 heterocycles. The predicted octanol–water partition coefficient (Wildman–Crippen LogP) is 4.10. The molecule has 0 aliphatic rings. The van der Waals surface area contributed by atoms with Crippen LogP contribution in [-0.4, -0.2) is 34.0 Å². The van der Waals surface area contributed by atoms with Crippen molar-refractivity contribution in [2.75, 3.05) is 7.11 Å². The van der Waals surface area contributed by atoms with Gasteiger partial charge in [-0.1, -0.05) is 36.4 Å². The first kappa shape index (κ1) is 19.2. The molecule has 30 heavy (non-hydrogen) atoms. The van der Waals surface area contributed by atoms with Crippen molar-refractivity contribution in [2.45, 2.75) is 6.92 Å². The number of carbonyl (C=O) groups is 1. The zero-order valence-electron chi connectivity index (χ0n) is 16.5. The van der Waals surface area contributed by atoms with Crippen molar-refractivity contribution in [3.8, 4) is 22.8 Å². The molecular formula is C23H20N4O3. The first-order valence-electron chi connectivity index (χ1n) is 9.32. The van der Waals surface area contributed by atoms with E-state index in [1.54, 1.807) is 25.1 Å². The van der Waals surface area contributed by atoms with Gasteiger partial charge in [-0.25, -0.2) is 5.43 Å². The Kier molecular flexibility index (Phi) is 5.17. The van der Waals surface area contributed by atoms with E-state index < -0.39 is 5.91 Å². The highest BCUT2D eigenvalue weighted by molar-refractivity contribution is 6.01. The first-order valence-corrected chi connectivity index (χ1v) is 9.32. The van der Waals surface area contributed by atoms with Crippen LogP contribution in [0, 0.1) is 0 Å². The van der Waals surface area contributed by atoms with Gasteiger partial charge in [0.15, 0.2) is 11.5 Å². The average Bonchev–Trinajstić information content (AvgIpc) is 3.27. The van der Waals surface area contributed by atoms with Gasteiger partial charge < -0.3 is 9.84 Å². The Hall–Kier alpha value is -4.13. The maximum absolute atomic E-state index is 12.5. The molecule has 1 amide bonds. The number of amides is 1. The van der Waals surface area contributed by atoms with Gasteiger partial charge in [0.1, 0.15) is 5.69 Å². The summed E-state index contributed by atoms with van der Waals surface area (Å²) in [5.74, 6) is -0.0293. The second kappa shape index (κ2) is 8.08. The number of aromatic amines is 1. The molecule has 0 saturated heterocycles. The van der Waals surface area contributed by atoms with Crippen molar-refractivity contribution in [1.29, 1.82) is 0 Å². The summed E-state index contributed by atoms with van der Waals surface area (Å²) in [4.78, 5) is 12.5. The van der Waals surface area contributed by atoms with Crippen LogP contribution in [0.25, 0.3) is 22.0 Å². The van der Waals surface area contributed by atoms with Gasteiger partial charge in [0.05, 0.1) is 18.5 Å². The number of hydrazone groups is 1. The third kappa shape index (κ3) is 3.86. The molecule has 0 spiro atoms. The average molecular weight is 400 g/mol. The van der Waals surface area contributed by atoms with Crippen LogP contribution >= 0.6 is 0 Å². The van der Waals surface area contributed by atoms with Gasteiger partial charge in [-0.3, -0.25) is 9.89 Å². The van der Waals surface area contributed by atoms with E-state index in [0.717, 1.165) is 16.3 Å². The Morgan fingerprint density at radius 2 is 1.87 bits per heavy atom. The molecule has 4 rings (SSSR count). The number of nitrogens with one attached hydrogen (secondary N) is 2. The zero-order chi connectivity index (χ0) is 21.1. The van der Waals surface area contributed by atoms with Crippen molar-refractivity contribution < 1.29 is 14.6 Å². The van der Waals surface area contributed by atoms with Crippen LogP contribution < -0.4 is 10.2 Å². The quantitative estimate of drug-likeness (QED) is 0.347. The number of rotatable bonds is 5. The van der Waals surface area contributed by atoms with E-state index in [9.17, 15) is 9.90 Å². The van der Waals surface area contributed by atoms with Crippen LogP contribution in [0.3, 0.4) is 0 Å². The van der Waals surface area contributed by atoms with Crippen molar-refractivity contribution >= 4 is 22.4 Å². The van der Waals surface area contributed by atoms with Crippen LogP contribution in [0.5, 0.6) is 11.5 Å². The van der Waals surface area contributed by atoms with Crippen LogP contribution in [0.15, 0.2) is 71.8 Å². The first-order chi connectivity index (χ1) is 14.5. The summed E-state index contributed by atoms with van der Waals surface area (Å²) >= 11 is 0. The highest BCUT2D eigenvalue weighted by atomic mass is 16.5. The molecule has 0 fully saturated rings. The molecule has 4 aromatic rings. The normalized spacial score (nSPS) is 11.5. The highest BCUT2D eigenvalue weighted by Crippen LogP contribution is 2.26. The predicted molar refractivity (Wildman–Crippen MR) is 116 cm³/mol. The van der Waals surface area contributed by atoms with Gasteiger partial charge in [-0.15, -0.1) is 0 Å². The number of methoxy groups -OCH3 is 1. The smallest absolute Gasteiger partial charge is 0.289 e. The number of ether oxygens (including phenoxy) is 1. The second-order valence-corrected chi connectivity index (χ2v) is 6.75. The second-order valence-electron chi connectivity index (χ2n) is 6.75. The summed E-state index contributed by atoms with van der Waals surface area (Å²) in [5, 5.41) is 23.1. The fourth-order valence-electron chi connectivity index (χ4n) is 3.10. The molecule has 0 bridgehead atoms. The van der Waals surface area contributed by atoms with E-state index >= 15 is 0 Å². The maximum atomic E-state index is 12.5. The van der Waals surface area contributed by atoms with Gasteiger partial charge in [0, 0.05) is 11.1 Å². The zero-order valence-corrected chi connectivity index (χ0v) is 16.5. The number of aromatic nitrogens is 2. The largest absolute Gasteiger partial charge is 0.504 e. The molecule has 0 saturated carbocycles.